The highest BCUT2D eigenvalue weighted by atomic mass is 32.1. The third-order valence-corrected chi connectivity index (χ3v) is 5.31. The lowest BCUT2D eigenvalue weighted by Crippen LogP contribution is -2.38. The minimum absolute atomic E-state index is 0.124. The fourth-order valence-electron chi connectivity index (χ4n) is 2.95. The van der Waals surface area contributed by atoms with E-state index in [1.54, 1.807) is 6.92 Å². The maximum Gasteiger partial charge on any atom is 0.314 e. The number of nitrogens with one attached hydrogen (secondary N) is 2. The molecule has 0 fully saturated rings. The zero-order valence-corrected chi connectivity index (χ0v) is 15.0. The zero-order valence-electron chi connectivity index (χ0n) is 14.2. The van der Waals surface area contributed by atoms with Crippen LogP contribution < -0.4 is 10.6 Å². The number of fused-ring (bicyclic) bond motifs is 1. The topological polar surface area (TPSA) is 74.2 Å². The van der Waals surface area contributed by atoms with Gasteiger partial charge in [0.2, 0.25) is 0 Å². The highest BCUT2D eigenvalue weighted by molar-refractivity contribution is 7.11. The summed E-state index contributed by atoms with van der Waals surface area (Å²) in [5, 5.41) is 16.2. The van der Waals surface area contributed by atoms with Crippen LogP contribution in [-0.4, -0.2) is 35.3 Å². The number of aromatic nitrogens is 1. The molecule has 1 aliphatic carbocycles. The molecule has 130 valence electrons. The van der Waals surface area contributed by atoms with Gasteiger partial charge in [0.1, 0.15) is 0 Å². The van der Waals surface area contributed by atoms with E-state index in [2.05, 4.69) is 10.6 Å². The molecule has 0 bridgehead atoms. The molecular formula is C17H29N3O2S. The Morgan fingerprint density at radius 2 is 2.09 bits per heavy atom. The summed E-state index contributed by atoms with van der Waals surface area (Å²) in [5.74, 6) is 0.280. The van der Waals surface area contributed by atoms with Gasteiger partial charge in [-0.3, -0.25) is 0 Å². The Labute approximate surface area is 142 Å². The van der Waals surface area contributed by atoms with E-state index in [-0.39, 0.29) is 18.1 Å². The summed E-state index contributed by atoms with van der Waals surface area (Å²) in [7, 11) is 0. The van der Waals surface area contributed by atoms with Crippen LogP contribution in [0.25, 0.3) is 0 Å². The zero-order chi connectivity index (χ0) is 16.7. The molecule has 1 aromatic heterocycles. The van der Waals surface area contributed by atoms with Crippen LogP contribution in [-0.2, 0) is 19.3 Å². The molecule has 3 N–H and O–H groups in total. The van der Waals surface area contributed by atoms with Crippen LogP contribution in [0.2, 0.25) is 0 Å². The van der Waals surface area contributed by atoms with Gasteiger partial charge in [-0.2, -0.15) is 0 Å². The summed E-state index contributed by atoms with van der Waals surface area (Å²) in [6, 6.07) is -0.124. The molecule has 0 radical (unpaired) electrons. The Balaban J connectivity index is 1.58. The average Bonchev–Trinajstić information content (AvgIpc) is 2.91. The Morgan fingerprint density at radius 3 is 2.83 bits per heavy atom. The van der Waals surface area contributed by atoms with Crippen molar-refractivity contribution in [2.24, 2.45) is 5.92 Å². The number of hydrogen-bond acceptors (Lipinski definition) is 4. The summed E-state index contributed by atoms with van der Waals surface area (Å²) < 4.78 is 0. The summed E-state index contributed by atoms with van der Waals surface area (Å²) >= 11 is 1.85. The number of amides is 2. The van der Waals surface area contributed by atoms with Gasteiger partial charge in [-0.1, -0.05) is 6.92 Å². The third kappa shape index (κ3) is 6.47. The number of aliphatic hydroxyl groups excluding tert-OH is 1. The number of rotatable bonds is 8. The summed E-state index contributed by atoms with van der Waals surface area (Å²) in [4.78, 5) is 17.9. The van der Waals surface area contributed by atoms with Crippen molar-refractivity contribution in [3.8, 4) is 0 Å². The highest BCUT2D eigenvalue weighted by Crippen LogP contribution is 2.27. The van der Waals surface area contributed by atoms with Crippen LogP contribution in [0.3, 0.4) is 0 Å². The Kier molecular flexibility index (Phi) is 7.30. The molecule has 5 nitrogen and oxygen atoms in total. The van der Waals surface area contributed by atoms with Crippen LogP contribution in [0.4, 0.5) is 4.79 Å². The molecule has 2 atom stereocenters. The van der Waals surface area contributed by atoms with E-state index in [4.69, 9.17) is 4.98 Å². The fourth-order valence-corrected chi connectivity index (χ4v) is 4.15. The lowest BCUT2D eigenvalue weighted by Gasteiger charge is -2.14. The van der Waals surface area contributed by atoms with Crippen LogP contribution in [0.15, 0.2) is 0 Å². The smallest absolute Gasteiger partial charge is 0.314 e. The molecular weight excluding hydrogens is 310 g/mol. The van der Waals surface area contributed by atoms with Crippen LogP contribution >= 0.6 is 11.3 Å². The SMILES string of the molecule is CC(O)CC(C)CNC(=O)NCCCc1nc2c(s1)CCCC2. The first-order chi connectivity index (χ1) is 11.0. The lowest BCUT2D eigenvalue weighted by atomic mass is 10.0. The minimum atomic E-state index is -0.320. The van der Waals surface area contributed by atoms with Gasteiger partial charge >= 0.3 is 6.03 Å². The van der Waals surface area contributed by atoms with E-state index in [1.807, 2.05) is 18.3 Å². The molecule has 1 aromatic rings. The van der Waals surface area contributed by atoms with Gasteiger partial charge in [0.25, 0.3) is 0 Å². The first-order valence-electron chi connectivity index (χ1n) is 8.71. The Morgan fingerprint density at radius 1 is 1.30 bits per heavy atom. The highest BCUT2D eigenvalue weighted by Gasteiger charge is 2.14. The molecule has 23 heavy (non-hydrogen) atoms. The van der Waals surface area contributed by atoms with Crippen molar-refractivity contribution in [3.05, 3.63) is 15.6 Å². The van der Waals surface area contributed by atoms with Gasteiger partial charge < -0.3 is 15.7 Å². The quantitative estimate of drug-likeness (QED) is 0.638. The van der Waals surface area contributed by atoms with Crippen LogP contribution in [0, 0.1) is 5.92 Å². The molecule has 0 saturated carbocycles. The van der Waals surface area contributed by atoms with Crippen LogP contribution in [0.1, 0.15) is 55.1 Å². The maximum absolute atomic E-state index is 11.7. The third-order valence-electron chi connectivity index (χ3n) is 4.10. The van der Waals surface area contributed by atoms with Gasteiger partial charge in [0.15, 0.2) is 0 Å². The number of thiazole rings is 1. The van der Waals surface area contributed by atoms with E-state index < -0.39 is 0 Å². The van der Waals surface area contributed by atoms with Crippen molar-refractivity contribution in [1.29, 1.82) is 0 Å². The summed E-state index contributed by atoms with van der Waals surface area (Å²) in [5.41, 5.74) is 1.31. The first kappa shape index (κ1) is 18.2. The average molecular weight is 340 g/mol. The Hall–Kier alpha value is -1.14. The number of nitrogens with zero attached hydrogens (tertiary/aromatic N) is 1. The van der Waals surface area contributed by atoms with Crippen molar-refractivity contribution in [2.75, 3.05) is 13.1 Å². The Bertz CT molecular complexity index is 479. The minimum Gasteiger partial charge on any atom is -0.393 e. The van der Waals surface area contributed by atoms with E-state index in [1.165, 1.54) is 34.8 Å². The van der Waals surface area contributed by atoms with Gasteiger partial charge in [-0.25, -0.2) is 9.78 Å². The van der Waals surface area contributed by atoms with Crippen molar-refractivity contribution < 1.29 is 9.90 Å². The summed E-state index contributed by atoms with van der Waals surface area (Å²) in [6.45, 7) is 5.06. The van der Waals surface area contributed by atoms with E-state index in [9.17, 15) is 9.90 Å². The van der Waals surface area contributed by atoms with Gasteiger partial charge in [-0.15, -0.1) is 11.3 Å². The second-order valence-corrected chi connectivity index (χ2v) is 7.78. The van der Waals surface area contributed by atoms with E-state index >= 15 is 0 Å². The molecule has 2 amide bonds. The lowest BCUT2D eigenvalue weighted by molar-refractivity contribution is 0.163. The fraction of sp³-hybridized carbons (Fsp3) is 0.765. The second kappa shape index (κ2) is 9.23. The monoisotopic (exact) mass is 339 g/mol. The molecule has 2 unspecified atom stereocenters. The van der Waals surface area contributed by atoms with E-state index in [0.717, 1.165) is 19.3 Å². The molecule has 1 aliphatic rings. The summed E-state index contributed by atoms with van der Waals surface area (Å²) in [6.07, 6.45) is 7.14. The first-order valence-corrected chi connectivity index (χ1v) is 9.53. The molecule has 1 heterocycles. The standard InChI is InChI=1S/C17H29N3O2S/c1-12(10-13(2)21)11-19-17(22)18-9-5-8-16-20-14-6-3-4-7-15(14)23-16/h12-13,21H,3-11H2,1-2H3,(H2,18,19,22). The number of carbonyl (C=O) groups is 1. The van der Waals surface area contributed by atoms with E-state index in [0.29, 0.717) is 19.5 Å². The largest absolute Gasteiger partial charge is 0.393 e. The molecule has 0 aromatic carbocycles. The van der Waals surface area contributed by atoms with Crippen molar-refractivity contribution in [2.45, 2.75) is 64.9 Å². The number of aliphatic hydroxyl groups is 1. The normalized spacial score (nSPS) is 16.5. The number of carbonyl (C=O) groups excluding carboxylic acids is 1. The predicted molar refractivity (Wildman–Crippen MR) is 93.9 cm³/mol. The number of aryl methyl sites for hydroxylation is 3. The maximum atomic E-state index is 11.7. The van der Waals surface area contributed by atoms with Crippen molar-refractivity contribution in [3.63, 3.8) is 0 Å². The van der Waals surface area contributed by atoms with Crippen LogP contribution in [0.5, 0.6) is 0 Å². The predicted octanol–water partition coefficient (Wildman–Crippen LogP) is 2.66. The second-order valence-electron chi connectivity index (χ2n) is 6.61. The van der Waals surface area contributed by atoms with Gasteiger partial charge in [-0.05, 0) is 51.4 Å². The van der Waals surface area contributed by atoms with Crippen molar-refractivity contribution >= 4 is 17.4 Å². The number of hydrogen-bond donors (Lipinski definition) is 3. The molecule has 0 aliphatic heterocycles. The number of urea groups is 1. The molecule has 0 saturated heterocycles. The van der Waals surface area contributed by atoms with Crippen molar-refractivity contribution in [1.82, 2.24) is 15.6 Å². The van der Waals surface area contributed by atoms with Gasteiger partial charge in [0.05, 0.1) is 16.8 Å². The van der Waals surface area contributed by atoms with Gasteiger partial charge in [0, 0.05) is 24.4 Å². The molecule has 2 rings (SSSR count). The molecule has 0 spiro atoms. The molecule has 6 heteroatoms.